The third kappa shape index (κ3) is 1.99. The summed E-state index contributed by atoms with van der Waals surface area (Å²) in [6.45, 7) is 2.89. The first-order chi connectivity index (χ1) is 5.84. The van der Waals surface area contributed by atoms with Crippen LogP contribution < -0.4 is 5.32 Å². The molecule has 0 saturated carbocycles. The molecule has 0 radical (unpaired) electrons. The van der Waals surface area contributed by atoms with Crippen LogP contribution in [0.15, 0.2) is 12.2 Å². The number of nitrogens with one attached hydrogen (secondary N) is 1. The van der Waals surface area contributed by atoms with Crippen LogP contribution in [0.3, 0.4) is 0 Å². The van der Waals surface area contributed by atoms with E-state index in [0.29, 0.717) is 0 Å². The van der Waals surface area contributed by atoms with Gasteiger partial charge in [0.05, 0.1) is 5.25 Å². The molecule has 0 bridgehead atoms. The van der Waals surface area contributed by atoms with E-state index in [1.165, 1.54) is 0 Å². The lowest BCUT2D eigenvalue weighted by molar-refractivity contribution is -0.119. The Hall–Kier alpha value is -0.650. The minimum atomic E-state index is -4.45. The summed E-state index contributed by atoms with van der Waals surface area (Å²) >= 11 is 3.78. The van der Waals surface area contributed by atoms with E-state index >= 15 is 0 Å². The Balaban J connectivity index is 2.75. The zero-order valence-electron chi connectivity index (χ0n) is 6.56. The lowest BCUT2D eigenvalue weighted by Crippen LogP contribution is -2.26. The van der Waals surface area contributed by atoms with Gasteiger partial charge < -0.3 is 5.32 Å². The molecule has 74 valence electrons. The first-order valence-electron chi connectivity index (χ1n) is 3.56. The molecule has 1 amide bonds. The molecule has 1 heterocycles. The SMILES string of the molecule is C=C([C@H]1CNC(=O)C1S)C(F)(F)F. The molecule has 2 atom stereocenters. The normalized spacial score (nSPS) is 28.8. The zero-order valence-corrected chi connectivity index (χ0v) is 7.45. The lowest BCUT2D eigenvalue weighted by Gasteiger charge is -2.17. The summed E-state index contributed by atoms with van der Waals surface area (Å²) < 4.78 is 36.4. The highest BCUT2D eigenvalue weighted by atomic mass is 32.1. The molecular formula is C7H8F3NOS. The van der Waals surface area contributed by atoms with E-state index in [4.69, 9.17) is 0 Å². The van der Waals surface area contributed by atoms with Gasteiger partial charge in [-0.2, -0.15) is 25.8 Å². The van der Waals surface area contributed by atoms with Crippen molar-refractivity contribution in [1.82, 2.24) is 5.32 Å². The minimum Gasteiger partial charge on any atom is -0.354 e. The van der Waals surface area contributed by atoms with Gasteiger partial charge in [-0.3, -0.25) is 4.79 Å². The van der Waals surface area contributed by atoms with Gasteiger partial charge in [-0.1, -0.05) is 6.58 Å². The highest BCUT2D eigenvalue weighted by Crippen LogP contribution is 2.34. The average molecular weight is 211 g/mol. The fraction of sp³-hybridized carbons (Fsp3) is 0.571. The van der Waals surface area contributed by atoms with Crippen LogP contribution in [0.2, 0.25) is 0 Å². The third-order valence-corrected chi connectivity index (χ3v) is 2.55. The summed E-state index contributed by atoms with van der Waals surface area (Å²) in [6, 6.07) is 0. The molecule has 6 heteroatoms. The first kappa shape index (κ1) is 10.4. The highest BCUT2D eigenvalue weighted by Gasteiger charge is 2.44. The van der Waals surface area contributed by atoms with Gasteiger partial charge in [-0.05, 0) is 0 Å². The second kappa shape index (κ2) is 3.25. The summed E-state index contributed by atoms with van der Waals surface area (Å²) in [6.07, 6.45) is -4.45. The topological polar surface area (TPSA) is 29.1 Å². The Kier molecular flexibility index (Phi) is 2.61. The van der Waals surface area contributed by atoms with E-state index in [1.807, 2.05) is 0 Å². The summed E-state index contributed by atoms with van der Waals surface area (Å²) in [4.78, 5) is 10.8. The summed E-state index contributed by atoms with van der Waals surface area (Å²) in [5, 5.41) is 1.36. The van der Waals surface area contributed by atoms with Crippen molar-refractivity contribution in [3.63, 3.8) is 0 Å². The second-order valence-electron chi connectivity index (χ2n) is 2.82. The summed E-state index contributed by atoms with van der Waals surface area (Å²) in [7, 11) is 0. The predicted molar refractivity (Wildman–Crippen MR) is 44.5 cm³/mol. The van der Waals surface area contributed by atoms with Gasteiger partial charge in [0.2, 0.25) is 5.91 Å². The van der Waals surface area contributed by atoms with Crippen molar-refractivity contribution in [3.05, 3.63) is 12.2 Å². The second-order valence-corrected chi connectivity index (χ2v) is 3.38. The van der Waals surface area contributed by atoms with Crippen molar-refractivity contribution < 1.29 is 18.0 Å². The van der Waals surface area contributed by atoms with Crippen LogP contribution in [0.4, 0.5) is 13.2 Å². The molecule has 2 nitrogen and oxygen atoms in total. The van der Waals surface area contributed by atoms with Gasteiger partial charge in [0, 0.05) is 18.0 Å². The minimum absolute atomic E-state index is 0.0364. The van der Waals surface area contributed by atoms with Crippen molar-refractivity contribution in [2.24, 2.45) is 5.92 Å². The van der Waals surface area contributed by atoms with E-state index in [2.05, 4.69) is 24.5 Å². The molecule has 1 aliphatic heterocycles. The molecule has 0 aromatic carbocycles. The van der Waals surface area contributed by atoms with Crippen LogP contribution >= 0.6 is 12.6 Å². The van der Waals surface area contributed by atoms with Crippen molar-refractivity contribution in [3.8, 4) is 0 Å². The Bertz CT molecular complexity index is 251. The number of thiol groups is 1. The molecule has 1 N–H and O–H groups in total. The smallest absolute Gasteiger partial charge is 0.354 e. The maximum absolute atomic E-state index is 12.1. The van der Waals surface area contributed by atoms with Crippen LogP contribution in [0.1, 0.15) is 0 Å². The van der Waals surface area contributed by atoms with E-state index in [9.17, 15) is 18.0 Å². The molecule has 1 saturated heterocycles. The largest absolute Gasteiger partial charge is 0.412 e. The van der Waals surface area contributed by atoms with Gasteiger partial charge in [-0.25, -0.2) is 0 Å². The number of amides is 1. The third-order valence-electron chi connectivity index (χ3n) is 1.96. The fourth-order valence-electron chi connectivity index (χ4n) is 1.13. The van der Waals surface area contributed by atoms with Crippen molar-refractivity contribution in [2.45, 2.75) is 11.4 Å². The molecule has 0 aromatic heterocycles. The first-order valence-corrected chi connectivity index (χ1v) is 4.07. The van der Waals surface area contributed by atoms with Gasteiger partial charge in [0.1, 0.15) is 0 Å². The highest BCUT2D eigenvalue weighted by molar-refractivity contribution is 7.81. The number of carbonyl (C=O) groups excluding carboxylic acids is 1. The van der Waals surface area contributed by atoms with Gasteiger partial charge >= 0.3 is 6.18 Å². The number of hydrogen-bond donors (Lipinski definition) is 2. The lowest BCUT2D eigenvalue weighted by atomic mass is 9.99. The molecule has 13 heavy (non-hydrogen) atoms. The van der Waals surface area contributed by atoms with Gasteiger partial charge in [-0.15, -0.1) is 0 Å². The number of halogens is 3. The standard InChI is InChI=1S/C7H8F3NOS/c1-3(7(8,9)10)4-2-11-6(12)5(4)13/h4-5,13H,1-2H2,(H,11,12)/t4-,5?/m1/s1. The van der Waals surface area contributed by atoms with Gasteiger partial charge in [0.15, 0.2) is 0 Å². The Morgan fingerprint density at radius 3 is 2.46 bits per heavy atom. The number of carbonyl (C=O) groups is 1. The molecule has 1 aliphatic rings. The number of rotatable bonds is 1. The maximum atomic E-state index is 12.1. The van der Waals surface area contributed by atoms with Crippen molar-refractivity contribution >= 4 is 18.5 Å². The van der Waals surface area contributed by atoms with Crippen molar-refractivity contribution in [2.75, 3.05) is 6.54 Å². The summed E-state index contributed by atoms with van der Waals surface area (Å²) in [5.74, 6) is -1.42. The van der Waals surface area contributed by atoms with E-state index in [0.717, 1.165) is 0 Å². The molecule has 0 aliphatic carbocycles. The zero-order chi connectivity index (χ0) is 10.2. The van der Waals surface area contributed by atoms with Crippen LogP contribution in [0.25, 0.3) is 0 Å². The predicted octanol–water partition coefficient (Wildman–Crippen LogP) is 1.15. The Morgan fingerprint density at radius 1 is 1.62 bits per heavy atom. The van der Waals surface area contributed by atoms with Crippen LogP contribution in [0.5, 0.6) is 0 Å². The molecule has 0 spiro atoms. The molecule has 1 rings (SSSR count). The van der Waals surface area contributed by atoms with E-state index < -0.39 is 28.8 Å². The van der Waals surface area contributed by atoms with Gasteiger partial charge in [0.25, 0.3) is 0 Å². The fourth-order valence-corrected chi connectivity index (χ4v) is 1.51. The molecule has 0 aromatic rings. The number of hydrogen-bond acceptors (Lipinski definition) is 2. The Morgan fingerprint density at radius 2 is 2.15 bits per heavy atom. The Labute approximate surface area is 78.6 Å². The molecular weight excluding hydrogens is 203 g/mol. The quantitative estimate of drug-likeness (QED) is 0.494. The average Bonchev–Trinajstić information content (AvgIpc) is 2.30. The monoisotopic (exact) mass is 211 g/mol. The van der Waals surface area contributed by atoms with E-state index in [-0.39, 0.29) is 6.54 Å². The van der Waals surface area contributed by atoms with E-state index in [1.54, 1.807) is 0 Å². The van der Waals surface area contributed by atoms with Crippen LogP contribution in [-0.2, 0) is 4.79 Å². The van der Waals surface area contributed by atoms with Crippen LogP contribution in [0, 0.1) is 5.92 Å². The summed E-state index contributed by atoms with van der Waals surface area (Å²) in [5.41, 5.74) is -0.897. The van der Waals surface area contributed by atoms with Crippen LogP contribution in [-0.4, -0.2) is 23.9 Å². The number of alkyl halides is 3. The molecule has 1 unspecified atom stereocenters. The molecule has 1 fully saturated rings. The maximum Gasteiger partial charge on any atom is 0.412 e. The van der Waals surface area contributed by atoms with Crippen molar-refractivity contribution in [1.29, 1.82) is 0 Å².